The van der Waals surface area contributed by atoms with Crippen molar-refractivity contribution in [2.45, 2.75) is 38.6 Å². The van der Waals surface area contributed by atoms with Crippen molar-refractivity contribution in [2.75, 3.05) is 6.54 Å². The van der Waals surface area contributed by atoms with Gasteiger partial charge in [-0.2, -0.15) is 0 Å². The molecular formula is C13H18N2O4. The summed E-state index contributed by atoms with van der Waals surface area (Å²) in [6, 6.07) is -0.924. The van der Waals surface area contributed by atoms with Crippen LogP contribution in [0.1, 0.15) is 32.6 Å². The topological polar surface area (TPSA) is 97.5 Å². The first-order chi connectivity index (χ1) is 9.01. The quantitative estimate of drug-likeness (QED) is 0.621. The minimum atomic E-state index is -0.924. The van der Waals surface area contributed by atoms with Crippen LogP contribution in [0, 0.1) is 0 Å². The summed E-state index contributed by atoms with van der Waals surface area (Å²) in [5.74, 6) is -1.22. The molecule has 1 heterocycles. The number of carbonyl (C=O) groups is 4. The second-order valence-electron chi connectivity index (χ2n) is 4.34. The Bertz CT molecular complexity index is 410. The lowest BCUT2D eigenvalue weighted by molar-refractivity contribution is -0.144. The average molecular weight is 266 g/mol. The summed E-state index contributed by atoms with van der Waals surface area (Å²) in [4.78, 5) is 46.9. The van der Waals surface area contributed by atoms with Crippen LogP contribution in [0.3, 0.4) is 0 Å². The lowest BCUT2D eigenvalue weighted by Gasteiger charge is -2.23. The molecule has 0 saturated carbocycles. The van der Waals surface area contributed by atoms with Crippen molar-refractivity contribution in [3.05, 3.63) is 12.2 Å². The van der Waals surface area contributed by atoms with Gasteiger partial charge in [0, 0.05) is 38.0 Å². The van der Waals surface area contributed by atoms with Crippen LogP contribution in [0.25, 0.3) is 0 Å². The van der Waals surface area contributed by atoms with E-state index in [4.69, 9.17) is 5.73 Å². The van der Waals surface area contributed by atoms with Gasteiger partial charge >= 0.3 is 0 Å². The van der Waals surface area contributed by atoms with Gasteiger partial charge in [-0.3, -0.25) is 24.1 Å². The molecule has 19 heavy (non-hydrogen) atoms. The monoisotopic (exact) mass is 266 g/mol. The fraction of sp³-hybridized carbons (Fsp3) is 0.538. The zero-order valence-corrected chi connectivity index (χ0v) is 10.9. The summed E-state index contributed by atoms with van der Waals surface area (Å²) in [6.07, 6.45) is 3.59. The van der Waals surface area contributed by atoms with Crippen LogP contribution in [0.2, 0.25) is 0 Å². The summed E-state index contributed by atoms with van der Waals surface area (Å²) < 4.78 is 0. The highest BCUT2D eigenvalue weighted by molar-refractivity contribution is 6.15. The van der Waals surface area contributed by atoms with Crippen LogP contribution in [-0.4, -0.2) is 40.9 Å². The van der Waals surface area contributed by atoms with Gasteiger partial charge in [0.15, 0.2) is 5.78 Å². The first kappa shape index (κ1) is 15.2. The number of ketones is 2. The van der Waals surface area contributed by atoms with Crippen molar-refractivity contribution < 1.29 is 19.2 Å². The number of rotatable bonds is 8. The van der Waals surface area contributed by atoms with E-state index in [1.165, 1.54) is 0 Å². The summed E-state index contributed by atoms with van der Waals surface area (Å²) in [6.45, 7) is 1.67. The Balaban J connectivity index is 2.55. The van der Waals surface area contributed by atoms with Gasteiger partial charge in [-0.25, -0.2) is 0 Å². The fourth-order valence-electron chi connectivity index (χ4n) is 1.90. The lowest BCUT2D eigenvalue weighted by atomic mass is 10.0. The molecule has 0 spiro atoms. The molecule has 2 amide bonds. The van der Waals surface area contributed by atoms with Crippen LogP contribution in [-0.2, 0) is 19.2 Å². The maximum Gasteiger partial charge on any atom is 0.254 e. The van der Waals surface area contributed by atoms with Crippen LogP contribution in [0.5, 0.6) is 0 Å². The number of carbonyl (C=O) groups excluding carboxylic acids is 4. The smallest absolute Gasteiger partial charge is 0.254 e. The van der Waals surface area contributed by atoms with E-state index in [2.05, 4.69) is 0 Å². The number of imide groups is 1. The molecule has 1 aliphatic heterocycles. The Morgan fingerprint density at radius 3 is 2.26 bits per heavy atom. The standard InChI is InChI=1S/C13H18N2O4/c1-2-9(16)4-3-5-11(17)10(8-14)15-12(18)6-7-13(15)19/h6-7,10H,2-5,8,14H2,1H3. The first-order valence-corrected chi connectivity index (χ1v) is 6.31. The highest BCUT2D eigenvalue weighted by Crippen LogP contribution is 2.12. The largest absolute Gasteiger partial charge is 0.328 e. The highest BCUT2D eigenvalue weighted by atomic mass is 16.2. The second kappa shape index (κ2) is 6.94. The molecule has 0 aliphatic carbocycles. The van der Waals surface area contributed by atoms with E-state index in [9.17, 15) is 19.2 Å². The lowest BCUT2D eigenvalue weighted by Crippen LogP contribution is -2.49. The first-order valence-electron chi connectivity index (χ1n) is 6.31. The van der Waals surface area contributed by atoms with Gasteiger partial charge in [-0.15, -0.1) is 0 Å². The predicted octanol–water partition coefficient (Wildman–Crippen LogP) is -0.0428. The number of nitrogens with zero attached hydrogens (tertiary/aromatic N) is 1. The molecule has 1 rings (SSSR count). The van der Waals surface area contributed by atoms with Crippen LogP contribution in [0.15, 0.2) is 12.2 Å². The molecule has 0 aromatic rings. The number of nitrogens with two attached hydrogens (primary N) is 1. The Labute approximate surface area is 111 Å². The normalized spacial score (nSPS) is 16.0. The van der Waals surface area contributed by atoms with Crippen LogP contribution < -0.4 is 5.73 Å². The van der Waals surface area contributed by atoms with Crippen LogP contribution >= 0.6 is 0 Å². The molecule has 0 saturated heterocycles. The van der Waals surface area contributed by atoms with E-state index >= 15 is 0 Å². The molecule has 0 fully saturated rings. The van der Waals surface area contributed by atoms with E-state index < -0.39 is 17.9 Å². The summed E-state index contributed by atoms with van der Waals surface area (Å²) in [7, 11) is 0. The van der Waals surface area contributed by atoms with E-state index in [1.54, 1.807) is 6.92 Å². The van der Waals surface area contributed by atoms with Crippen molar-refractivity contribution >= 4 is 23.4 Å². The molecule has 0 bridgehead atoms. The third-order valence-electron chi connectivity index (χ3n) is 3.02. The van der Waals surface area contributed by atoms with Gasteiger partial charge in [0.2, 0.25) is 0 Å². The average Bonchev–Trinajstić information content (AvgIpc) is 2.71. The minimum Gasteiger partial charge on any atom is -0.328 e. The SMILES string of the molecule is CCC(=O)CCCC(=O)C(CN)N1C(=O)C=CC1=O. The Morgan fingerprint density at radius 1 is 1.21 bits per heavy atom. The molecule has 2 N–H and O–H groups in total. The highest BCUT2D eigenvalue weighted by Gasteiger charge is 2.34. The molecule has 0 radical (unpaired) electrons. The Kier molecular flexibility index (Phi) is 5.57. The molecule has 6 nitrogen and oxygen atoms in total. The van der Waals surface area contributed by atoms with Gasteiger partial charge in [-0.05, 0) is 6.42 Å². The molecule has 0 aromatic heterocycles. The molecule has 1 aliphatic rings. The van der Waals surface area contributed by atoms with Gasteiger partial charge in [0.25, 0.3) is 11.8 Å². The van der Waals surface area contributed by atoms with Crippen molar-refractivity contribution in [1.82, 2.24) is 4.90 Å². The van der Waals surface area contributed by atoms with E-state index in [0.29, 0.717) is 19.3 Å². The predicted molar refractivity (Wildman–Crippen MR) is 68.0 cm³/mol. The Morgan fingerprint density at radius 2 is 1.79 bits per heavy atom. The van der Waals surface area contributed by atoms with E-state index in [0.717, 1.165) is 17.1 Å². The van der Waals surface area contributed by atoms with Gasteiger partial charge in [0.05, 0.1) is 0 Å². The third kappa shape index (κ3) is 3.82. The zero-order chi connectivity index (χ0) is 14.4. The fourth-order valence-corrected chi connectivity index (χ4v) is 1.90. The Hall–Kier alpha value is -1.82. The number of Topliss-reactive ketones (excluding diaryl/α,β-unsaturated/α-hetero) is 2. The summed E-state index contributed by atoms with van der Waals surface area (Å²) in [5.41, 5.74) is 5.47. The van der Waals surface area contributed by atoms with Crippen molar-refractivity contribution in [3.8, 4) is 0 Å². The van der Waals surface area contributed by atoms with E-state index in [1.807, 2.05) is 0 Å². The number of amides is 2. The molecular weight excluding hydrogens is 248 g/mol. The molecule has 0 aromatic carbocycles. The van der Waals surface area contributed by atoms with Crippen molar-refractivity contribution in [3.63, 3.8) is 0 Å². The third-order valence-corrected chi connectivity index (χ3v) is 3.02. The molecule has 6 heteroatoms. The molecule has 104 valence electrons. The zero-order valence-electron chi connectivity index (χ0n) is 10.9. The van der Waals surface area contributed by atoms with Gasteiger partial charge < -0.3 is 5.73 Å². The van der Waals surface area contributed by atoms with Gasteiger partial charge in [0.1, 0.15) is 11.8 Å². The summed E-state index contributed by atoms with van der Waals surface area (Å²) in [5, 5.41) is 0. The second-order valence-corrected chi connectivity index (χ2v) is 4.34. The number of hydrogen-bond donors (Lipinski definition) is 1. The minimum absolute atomic E-state index is 0.0899. The number of hydrogen-bond acceptors (Lipinski definition) is 5. The maximum absolute atomic E-state index is 12.0. The maximum atomic E-state index is 12.0. The molecule has 1 atom stereocenters. The van der Waals surface area contributed by atoms with Crippen molar-refractivity contribution in [2.24, 2.45) is 5.73 Å². The van der Waals surface area contributed by atoms with Crippen molar-refractivity contribution in [1.29, 1.82) is 0 Å². The van der Waals surface area contributed by atoms with E-state index in [-0.39, 0.29) is 24.5 Å². The van der Waals surface area contributed by atoms with Crippen LogP contribution in [0.4, 0.5) is 0 Å². The summed E-state index contributed by atoms with van der Waals surface area (Å²) >= 11 is 0. The van der Waals surface area contributed by atoms with Gasteiger partial charge in [-0.1, -0.05) is 6.92 Å². The molecule has 1 unspecified atom stereocenters.